The minimum Gasteiger partial charge on any atom is -0.497 e. The monoisotopic (exact) mass is 494 g/mol. The highest BCUT2D eigenvalue weighted by molar-refractivity contribution is 6.06. The number of nitrogens with zero attached hydrogens (tertiary/aromatic N) is 2. The molecule has 0 saturated carbocycles. The maximum atomic E-state index is 13.2. The number of esters is 1. The number of ketones is 1. The molecule has 0 N–H and O–H groups in total. The molecule has 3 aromatic heterocycles. The van der Waals surface area contributed by atoms with Crippen LogP contribution in [0.3, 0.4) is 0 Å². The Labute approximate surface area is 214 Å². The van der Waals surface area contributed by atoms with Gasteiger partial charge in [-0.15, -0.1) is 0 Å². The molecule has 0 atom stereocenters. The Hall–Kier alpha value is -4.65. The van der Waals surface area contributed by atoms with E-state index < -0.39 is 5.97 Å². The van der Waals surface area contributed by atoms with Crippen LogP contribution in [-0.4, -0.2) is 35.0 Å². The molecule has 0 radical (unpaired) electrons. The lowest BCUT2D eigenvalue weighted by molar-refractivity contribution is 0.0476. The summed E-state index contributed by atoms with van der Waals surface area (Å²) in [4.78, 5) is 30.9. The van der Waals surface area contributed by atoms with Crippen molar-refractivity contribution < 1.29 is 23.5 Å². The van der Waals surface area contributed by atoms with Gasteiger partial charge in [0.1, 0.15) is 17.2 Å². The van der Waals surface area contributed by atoms with Gasteiger partial charge in [-0.3, -0.25) is 4.79 Å². The molecule has 2 aromatic carbocycles. The van der Waals surface area contributed by atoms with Crippen molar-refractivity contribution >= 4 is 22.7 Å². The summed E-state index contributed by atoms with van der Waals surface area (Å²) in [5, 5.41) is 0.643. The molecule has 7 nitrogen and oxygen atoms in total. The molecule has 0 aliphatic rings. The van der Waals surface area contributed by atoms with Crippen LogP contribution < -0.4 is 4.74 Å². The largest absolute Gasteiger partial charge is 0.497 e. The fourth-order valence-corrected chi connectivity index (χ4v) is 4.50. The minimum absolute atomic E-state index is 0.276. The van der Waals surface area contributed by atoms with Gasteiger partial charge in [0.25, 0.3) is 0 Å². The van der Waals surface area contributed by atoms with E-state index in [1.54, 1.807) is 19.2 Å². The van der Waals surface area contributed by atoms with Crippen LogP contribution in [0.15, 0.2) is 77.2 Å². The maximum Gasteiger partial charge on any atom is 0.339 e. The number of hydrogen-bond acceptors (Lipinski definition) is 6. The Kier molecular flexibility index (Phi) is 6.36. The van der Waals surface area contributed by atoms with Crippen molar-refractivity contribution in [3.63, 3.8) is 0 Å². The average Bonchev–Trinajstić information content (AvgIpc) is 3.48. The van der Waals surface area contributed by atoms with Crippen LogP contribution in [0.25, 0.3) is 28.0 Å². The minimum atomic E-state index is -0.597. The molecule has 0 saturated heterocycles. The van der Waals surface area contributed by atoms with Crippen molar-refractivity contribution in [2.24, 2.45) is 0 Å². The quantitative estimate of drug-likeness (QED) is 0.196. The summed E-state index contributed by atoms with van der Waals surface area (Å²) in [6.07, 6.45) is 0. The molecule has 186 valence electrons. The molecule has 37 heavy (non-hydrogen) atoms. The predicted molar refractivity (Wildman–Crippen MR) is 141 cm³/mol. The van der Waals surface area contributed by atoms with Gasteiger partial charge in [-0.2, -0.15) is 0 Å². The first kappa shape index (κ1) is 24.1. The molecule has 0 amide bonds. The third-order valence-electron chi connectivity index (χ3n) is 6.33. The Morgan fingerprint density at radius 2 is 1.68 bits per heavy atom. The first-order chi connectivity index (χ1) is 17.9. The molecule has 5 rings (SSSR count). The number of carbonyl (C=O) groups excluding carboxylic acids is 2. The highest BCUT2D eigenvalue weighted by Crippen LogP contribution is 2.27. The third kappa shape index (κ3) is 4.63. The molecule has 0 spiro atoms. The zero-order chi connectivity index (χ0) is 26.1. The van der Waals surface area contributed by atoms with Gasteiger partial charge >= 0.3 is 5.97 Å². The molecule has 0 bridgehead atoms. The van der Waals surface area contributed by atoms with Gasteiger partial charge in [0.15, 0.2) is 12.4 Å². The van der Waals surface area contributed by atoms with Crippen molar-refractivity contribution in [3.8, 4) is 22.9 Å². The van der Waals surface area contributed by atoms with Crippen LogP contribution in [-0.2, 0) is 4.74 Å². The number of pyridine rings is 1. The number of hydrogen-bond donors (Lipinski definition) is 0. The number of carbonyl (C=O) groups is 2. The summed E-state index contributed by atoms with van der Waals surface area (Å²) < 4.78 is 18.5. The van der Waals surface area contributed by atoms with Crippen LogP contribution in [0.5, 0.6) is 5.75 Å². The third-order valence-corrected chi connectivity index (χ3v) is 6.33. The number of ether oxygens (including phenoxy) is 2. The van der Waals surface area contributed by atoms with Gasteiger partial charge in [-0.25, -0.2) is 9.78 Å². The summed E-state index contributed by atoms with van der Waals surface area (Å²) >= 11 is 0. The van der Waals surface area contributed by atoms with E-state index in [2.05, 4.69) is 4.98 Å². The number of para-hydroxylation sites is 1. The number of benzene rings is 2. The standard InChI is InChI=1S/C30H26N2O5/c1-18-15-24(20(3)32(18)21-10-12-22(35-4)13-11-21)28(33)17-36-30(34)25-16-27(29-14-9-19(2)37-29)31-26-8-6-5-7-23(25)26/h5-16H,17H2,1-4H3. The average molecular weight is 495 g/mol. The van der Waals surface area contributed by atoms with E-state index in [1.165, 1.54) is 0 Å². The normalized spacial score (nSPS) is 11.0. The van der Waals surface area contributed by atoms with Crippen LogP contribution in [0.2, 0.25) is 0 Å². The van der Waals surface area contributed by atoms with Gasteiger partial charge in [-0.05, 0) is 75.4 Å². The topological polar surface area (TPSA) is 83.6 Å². The fourth-order valence-electron chi connectivity index (χ4n) is 4.50. The summed E-state index contributed by atoms with van der Waals surface area (Å²) in [5.41, 5.74) is 4.57. The van der Waals surface area contributed by atoms with E-state index in [1.807, 2.05) is 86.0 Å². The highest BCUT2D eigenvalue weighted by Gasteiger charge is 2.21. The van der Waals surface area contributed by atoms with Gasteiger partial charge in [0, 0.05) is 28.0 Å². The predicted octanol–water partition coefficient (Wildman–Crippen LogP) is 6.26. The summed E-state index contributed by atoms with van der Waals surface area (Å²) in [6.45, 7) is 5.27. The molecule has 0 unspecified atom stereocenters. The zero-order valence-electron chi connectivity index (χ0n) is 21.1. The first-order valence-electron chi connectivity index (χ1n) is 11.9. The SMILES string of the molecule is COc1ccc(-n2c(C)cc(C(=O)COC(=O)c3cc(-c4ccc(C)o4)nc4ccccc34)c2C)cc1. The molecule has 0 aliphatic carbocycles. The Morgan fingerprint density at radius 1 is 0.919 bits per heavy atom. The van der Waals surface area contributed by atoms with Crippen molar-refractivity contribution in [3.05, 3.63) is 101 Å². The molecule has 3 heterocycles. The van der Waals surface area contributed by atoms with Crippen LogP contribution >= 0.6 is 0 Å². The lowest BCUT2D eigenvalue weighted by Crippen LogP contribution is -2.15. The summed E-state index contributed by atoms with van der Waals surface area (Å²) in [6, 6.07) is 22.0. The van der Waals surface area contributed by atoms with Crippen LogP contribution in [0.4, 0.5) is 0 Å². The number of methoxy groups -OCH3 is 1. The Morgan fingerprint density at radius 3 is 2.38 bits per heavy atom. The lowest BCUT2D eigenvalue weighted by atomic mass is 10.1. The van der Waals surface area contributed by atoms with E-state index in [9.17, 15) is 9.59 Å². The van der Waals surface area contributed by atoms with E-state index in [-0.39, 0.29) is 12.4 Å². The molecule has 7 heteroatoms. The second kappa shape index (κ2) is 9.78. The molecule has 5 aromatic rings. The van der Waals surface area contributed by atoms with E-state index in [0.29, 0.717) is 33.5 Å². The van der Waals surface area contributed by atoms with E-state index in [4.69, 9.17) is 13.9 Å². The number of fused-ring (bicyclic) bond motifs is 1. The van der Waals surface area contributed by atoms with E-state index in [0.717, 1.165) is 28.6 Å². The van der Waals surface area contributed by atoms with Crippen LogP contribution in [0, 0.1) is 20.8 Å². The smallest absolute Gasteiger partial charge is 0.339 e. The zero-order valence-corrected chi connectivity index (χ0v) is 21.1. The summed E-state index contributed by atoms with van der Waals surface area (Å²) in [7, 11) is 1.62. The molecule has 0 aliphatic heterocycles. The second-order valence-corrected chi connectivity index (χ2v) is 8.80. The molecular formula is C30H26N2O5. The molecule has 0 fully saturated rings. The van der Waals surface area contributed by atoms with Crippen molar-refractivity contribution in [2.45, 2.75) is 20.8 Å². The van der Waals surface area contributed by atoms with Gasteiger partial charge in [-0.1, -0.05) is 18.2 Å². The van der Waals surface area contributed by atoms with Gasteiger partial charge in [0.05, 0.1) is 18.2 Å². The van der Waals surface area contributed by atoms with Crippen LogP contribution in [0.1, 0.15) is 37.9 Å². The van der Waals surface area contributed by atoms with Gasteiger partial charge < -0.3 is 18.5 Å². The Balaban J connectivity index is 1.39. The number of aromatic nitrogens is 2. The van der Waals surface area contributed by atoms with Crippen molar-refractivity contribution in [1.82, 2.24) is 9.55 Å². The molecular weight excluding hydrogens is 468 g/mol. The van der Waals surface area contributed by atoms with Crippen molar-refractivity contribution in [1.29, 1.82) is 0 Å². The van der Waals surface area contributed by atoms with Gasteiger partial charge in [0.2, 0.25) is 5.78 Å². The Bertz CT molecular complexity index is 1630. The number of rotatable bonds is 7. The number of Topliss-reactive ketones (excluding diaryl/α,β-unsaturated/α-hetero) is 1. The summed E-state index contributed by atoms with van der Waals surface area (Å²) in [5.74, 6) is 1.18. The van der Waals surface area contributed by atoms with E-state index >= 15 is 0 Å². The second-order valence-electron chi connectivity index (χ2n) is 8.80. The first-order valence-corrected chi connectivity index (χ1v) is 11.9. The van der Waals surface area contributed by atoms with Crippen molar-refractivity contribution in [2.75, 3.05) is 13.7 Å². The number of furan rings is 1. The number of aryl methyl sites for hydroxylation is 2. The lowest BCUT2D eigenvalue weighted by Gasteiger charge is -2.11. The fraction of sp³-hybridized carbons (Fsp3) is 0.167. The maximum absolute atomic E-state index is 13.2. The highest BCUT2D eigenvalue weighted by atomic mass is 16.5.